The molecule has 0 spiro atoms. The summed E-state index contributed by atoms with van der Waals surface area (Å²) >= 11 is 0. The first-order chi connectivity index (χ1) is 9.63. The van der Waals surface area contributed by atoms with E-state index in [0.717, 1.165) is 30.5 Å². The predicted molar refractivity (Wildman–Crippen MR) is 69.2 cm³/mol. The molecule has 0 atom stereocenters. The maximum Gasteiger partial charge on any atom is 0.461 e. The van der Waals surface area contributed by atoms with Gasteiger partial charge in [-0.2, -0.15) is 4.98 Å². The Kier molecular flexibility index (Phi) is 3.01. The van der Waals surface area contributed by atoms with Gasteiger partial charge in [0.05, 0.1) is 0 Å². The van der Waals surface area contributed by atoms with E-state index in [1.807, 2.05) is 4.90 Å². The zero-order valence-corrected chi connectivity index (χ0v) is 10.6. The Morgan fingerprint density at radius 2 is 2.05 bits per heavy atom. The molecule has 0 unspecified atom stereocenters. The van der Waals surface area contributed by atoms with Gasteiger partial charge in [0.2, 0.25) is 0 Å². The van der Waals surface area contributed by atoms with E-state index in [2.05, 4.69) is 15.3 Å². The lowest BCUT2D eigenvalue weighted by molar-refractivity contribution is 0.209. The van der Waals surface area contributed by atoms with E-state index in [9.17, 15) is 9.59 Å². The van der Waals surface area contributed by atoms with Crippen molar-refractivity contribution in [1.29, 1.82) is 0 Å². The Morgan fingerprint density at radius 3 is 2.75 bits per heavy atom. The standard InChI is InChI=1S/C11H13N5O4/c17-10(18)13-8-6-7(15-4-2-1-3-5-15)12-9-14-11(19)20-16(8)9/h6,13H,1-5H2,(H,17,18). The molecule has 9 heteroatoms. The summed E-state index contributed by atoms with van der Waals surface area (Å²) in [6.07, 6.45) is 2.03. The molecule has 20 heavy (non-hydrogen) atoms. The van der Waals surface area contributed by atoms with E-state index < -0.39 is 11.8 Å². The van der Waals surface area contributed by atoms with E-state index in [0.29, 0.717) is 5.82 Å². The lowest BCUT2D eigenvalue weighted by Gasteiger charge is -2.27. The first-order valence-corrected chi connectivity index (χ1v) is 6.29. The Balaban J connectivity index is 2.08. The van der Waals surface area contributed by atoms with Crippen LogP contribution in [0.15, 0.2) is 15.4 Å². The molecule has 1 fully saturated rings. The smallest absolute Gasteiger partial charge is 0.461 e. The minimum atomic E-state index is -1.25. The van der Waals surface area contributed by atoms with Gasteiger partial charge in [0.25, 0.3) is 5.78 Å². The van der Waals surface area contributed by atoms with Crippen molar-refractivity contribution in [3.8, 4) is 0 Å². The number of nitrogens with zero attached hydrogens (tertiary/aromatic N) is 4. The molecule has 106 valence electrons. The highest BCUT2D eigenvalue weighted by Gasteiger charge is 2.17. The average molecular weight is 279 g/mol. The monoisotopic (exact) mass is 279 g/mol. The zero-order valence-electron chi connectivity index (χ0n) is 10.6. The van der Waals surface area contributed by atoms with Gasteiger partial charge in [-0.1, -0.05) is 0 Å². The minimum Gasteiger partial charge on any atom is -0.465 e. The van der Waals surface area contributed by atoms with Gasteiger partial charge in [0, 0.05) is 19.2 Å². The van der Waals surface area contributed by atoms with E-state index in [-0.39, 0.29) is 11.6 Å². The van der Waals surface area contributed by atoms with Gasteiger partial charge in [-0.05, 0) is 19.3 Å². The number of piperidine rings is 1. The van der Waals surface area contributed by atoms with Crippen LogP contribution in [0, 0.1) is 0 Å². The second kappa shape index (κ2) is 4.83. The Labute approximate surface area is 112 Å². The van der Waals surface area contributed by atoms with Crippen molar-refractivity contribution in [3.63, 3.8) is 0 Å². The molecule has 1 amide bonds. The van der Waals surface area contributed by atoms with Gasteiger partial charge in [-0.25, -0.2) is 9.59 Å². The quantitative estimate of drug-likeness (QED) is 0.834. The molecule has 0 aromatic carbocycles. The second-order valence-electron chi connectivity index (χ2n) is 4.54. The van der Waals surface area contributed by atoms with Gasteiger partial charge in [0.15, 0.2) is 5.82 Å². The largest absolute Gasteiger partial charge is 0.465 e. The molecular formula is C11H13N5O4. The highest BCUT2D eigenvalue weighted by Crippen LogP contribution is 2.21. The summed E-state index contributed by atoms with van der Waals surface area (Å²) in [5.41, 5.74) is 0. The number of fused-ring (bicyclic) bond motifs is 1. The second-order valence-corrected chi connectivity index (χ2v) is 4.54. The molecule has 2 aromatic rings. The molecule has 9 nitrogen and oxygen atoms in total. The molecule has 3 rings (SSSR count). The first kappa shape index (κ1) is 12.5. The van der Waals surface area contributed by atoms with Crippen molar-refractivity contribution in [3.05, 3.63) is 16.6 Å². The molecule has 1 aliphatic heterocycles. The number of hydrogen-bond donors (Lipinski definition) is 2. The van der Waals surface area contributed by atoms with Gasteiger partial charge in [0.1, 0.15) is 5.82 Å². The summed E-state index contributed by atoms with van der Waals surface area (Å²) in [5.74, 6) is -0.0806. The molecular weight excluding hydrogens is 266 g/mol. The number of hydrogen-bond acceptors (Lipinski definition) is 6. The summed E-state index contributed by atoms with van der Waals surface area (Å²) < 4.78 is 5.76. The molecule has 3 heterocycles. The highest BCUT2D eigenvalue weighted by molar-refractivity contribution is 5.82. The molecule has 1 aliphatic rings. The van der Waals surface area contributed by atoms with Crippen LogP contribution < -0.4 is 16.0 Å². The van der Waals surface area contributed by atoms with Crippen LogP contribution in [0.25, 0.3) is 5.78 Å². The summed E-state index contributed by atoms with van der Waals surface area (Å²) in [5, 5.41) is 11.0. The molecule has 2 N–H and O–H groups in total. The van der Waals surface area contributed by atoms with Crippen molar-refractivity contribution in [2.24, 2.45) is 0 Å². The Bertz CT molecular complexity index is 700. The van der Waals surface area contributed by atoms with Crippen LogP contribution in [0.3, 0.4) is 0 Å². The lowest BCUT2D eigenvalue weighted by Crippen LogP contribution is -2.30. The van der Waals surface area contributed by atoms with Crippen LogP contribution in [0.5, 0.6) is 0 Å². The van der Waals surface area contributed by atoms with Gasteiger partial charge in [-0.3, -0.25) is 5.32 Å². The molecule has 1 saturated heterocycles. The third-order valence-electron chi connectivity index (χ3n) is 3.16. The van der Waals surface area contributed by atoms with Crippen molar-refractivity contribution in [2.45, 2.75) is 19.3 Å². The fourth-order valence-electron chi connectivity index (χ4n) is 2.29. The van der Waals surface area contributed by atoms with Crippen molar-refractivity contribution < 1.29 is 14.4 Å². The van der Waals surface area contributed by atoms with E-state index in [1.165, 1.54) is 12.5 Å². The normalized spacial score (nSPS) is 15.5. The lowest BCUT2D eigenvalue weighted by atomic mass is 10.1. The number of aromatic nitrogens is 3. The first-order valence-electron chi connectivity index (χ1n) is 6.29. The van der Waals surface area contributed by atoms with Crippen molar-refractivity contribution in [2.75, 3.05) is 23.3 Å². The average Bonchev–Trinajstić information content (AvgIpc) is 2.80. The number of carboxylic acid groups (broad SMARTS) is 1. The highest BCUT2D eigenvalue weighted by atomic mass is 16.5. The maximum absolute atomic E-state index is 11.2. The molecule has 0 aliphatic carbocycles. The Morgan fingerprint density at radius 1 is 1.30 bits per heavy atom. The third-order valence-corrected chi connectivity index (χ3v) is 3.16. The maximum atomic E-state index is 11.2. The van der Waals surface area contributed by atoms with E-state index in [4.69, 9.17) is 9.63 Å². The van der Waals surface area contributed by atoms with Crippen molar-refractivity contribution in [1.82, 2.24) is 14.5 Å². The van der Waals surface area contributed by atoms with Gasteiger partial charge in [-0.15, -0.1) is 9.56 Å². The van der Waals surface area contributed by atoms with Crippen LogP contribution in [0.1, 0.15) is 19.3 Å². The zero-order chi connectivity index (χ0) is 14.1. The Hall–Kier alpha value is -2.58. The summed E-state index contributed by atoms with van der Waals surface area (Å²) in [7, 11) is 0. The van der Waals surface area contributed by atoms with E-state index in [1.54, 1.807) is 0 Å². The molecule has 0 bridgehead atoms. The van der Waals surface area contributed by atoms with Gasteiger partial charge < -0.3 is 14.5 Å². The molecule has 0 radical (unpaired) electrons. The van der Waals surface area contributed by atoms with Crippen molar-refractivity contribution >= 4 is 23.5 Å². The minimum absolute atomic E-state index is 0.0434. The van der Waals surface area contributed by atoms with Gasteiger partial charge >= 0.3 is 11.8 Å². The van der Waals surface area contributed by atoms with Crippen LogP contribution in [-0.4, -0.2) is 38.8 Å². The van der Waals surface area contributed by atoms with Crippen LogP contribution in [0.2, 0.25) is 0 Å². The third kappa shape index (κ3) is 2.29. The van der Waals surface area contributed by atoms with Crippen LogP contribution >= 0.6 is 0 Å². The van der Waals surface area contributed by atoms with E-state index >= 15 is 0 Å². The fourth-order valence-corrected chi connectivity index (χ4v) is 2.29. The summed E-state index contributed by atoms with van der Waals surface area (Å²) in [6, 6.07) is 1.54. The molecule has 0 saturated carbocycles. The predicted octanol–water partition coefficient (Wildman–Crippen LogP) is 0.763. The van der Waals surface area contributed by atoms with Crippen LogP contribution in [-0.2, 0) is 0 Å². The number of rotatable bonds is 2. The summed E-state index contributed by atoms with van der Waals surface area (Å²) in [4.78, 5) is 31.9. The number of amides is 1. The fraction of sp³-hybridized carbons (Fsp3) is 0.455. The topological polar surface area (TPSA) is 113 Å². The number of nitrogens with one attached hydrogen (secondary N) is 1. The summed E-state index contributed by atoms with van der Waals surface area (Å²) in [6.45, 7) is 1.69. The number of carbonyl (C=O) groups is 1. The van der Waals surface area contributed by atoms with Crippen LogP contribution in [0.4, 0.5) is 16.4 Å². The molecule has 2 aromatic heterocycles. The number of anilines is 2. The SMILES string of the molecule is O=C(O)Nc1cc(N2CCCCC2)nc2nc(=O)on12.